The van der Waals surface area contributed by atoms with Crippen molar-refractivity contribution < 1.29 is 22.7 Å². The molecule has 0 spiro atoms. The van der Waals surface area contributed by atoms with E-state index < -0.39 is 27.1 Å². The molecule has 0 heterocycles. The minimum atomic E-state index is -2.76. The standard InChI is InChI=1S/C10H8O5S/c1-7(11)15-10(12)9(16(13)14)8-5-3-2-4-6-8/h2-6H,1H3. The van der Waals surface area contributed by atoms with Crippen molar-refractivity contribution >= 4 is 27.1 Å². The van der Waals surface area contributed by atoms with Gasteiger partial charge in [-0.1, -0.05) is 30.3 Å². The molecule has 0 saturated heterocycles. The molecule has 0 N–H and O–H groups in total. The van der Waals surface area contributed by atoms with Crippen LogP contribution in [-0.4, -0.2) is 25.2 Å². The number of hydrogen-bond acceptors (Lipinski definition) is 5. The van der Waals surface area contributed by atoms with E-state index in [0.717, 1.165) is 6.92 Å². The Bertz CT molecular complexity index is 534. The van der Waals surface area contributed by atoms with Crippen LogP contribution in [0.25, 0.3) is 0 Å². The second-order valence-corrected chi connectivity index (χ2v) is 3.69. The van der Waals surface area contributed by atoms with Crippen molar-refractivity contribution in [1.82, 2.24) is 0 Å². The molecule has 0 aliphatic heterocycles. The predicted octanol–water partition coefficient (Wildman–Crippen LogP) is 0.176. The van der Waals surface area contributed by atoms with Gasteiger partial charge < -0.3 is 4.74 Å². The third-order valence-electron chi connectivity index (χ3n) is 1.62. The summed E-state index contributed by atoms with van der Waals surface area (Å²) in [7, 11) is -2.76. The topological polar surface area (TPSA) is 77.5 Å². The number of carbonyl (C=O) groups excluding carboxylic acids is 2. The number of hydrogen-bond donors (Lipinski definition) is 0. The first-order valence-electron chi connectivity index (χ1n) is 4.26. The summed E-state index contributed by atoms with van der Waals surface area (Å²) in [6.45, 7) is 1.02. The van der Waals surface area contributed by atoms with Crippen molar-refractivity contribution in [1.29, 1.82) is 0 Å². The molecule has 0 atom stereocenters. The predicted molar refractivity (Wildman–Crippen MR) is 56.2 cm³/mol. The van der Waals surface area contributed by atoms with Crippen molar-refractivity contribution in [3.05, 3.63) is 35.9 Å². The lowest BCUT2D eigenvalue weighted by atomic mass is 10.1. The molecule has 0 aliphatic carbocycles. The van der Waals surface area contributed by atoms with Crippen LogP contribution in [0.3, 0.4) is 0 Å². The number of ether oxygens (including phenoxy) is 1. The van der Waals surface area contributed by atoms with Crippen LogP contribution in [0, 0.1) is 0 Å². The van der Waals surface area contributed by atoms with Crippen LogP contribution in [0.4, 0.5) is 0 Å². The lowest BCUT2D eigenvalue weighted by Crippen LogP contribution is -2.21. The van der Waals surface area contributed by atoms with Crippen LogP contribution < -0.4 is 0 Å². The van der Waals surface area contributed by atoms with Gasteiger partial charge in [-0.15, -0.1) is 0 Å². The quantitative estimate of drug-likeness (QED) is 0.319. The van der Waals surface area contributed by atoms with E-state index in [-0.39, 0.29) is 5.56 Å². The largest absolute Gasteiger partial charge is 0.389 e. The molecule has 1 aromatic rings. The highest BCUT2D eigenvalue weighted by molar-refractivity contribution is 7.75. The van der Waals surface area contributed by atoms with Crippen molar-refractivity contribution in [3.8, 4) is 0 Å². The first-order valence-corrected chi connectivity index (χ1v) is 5.34. The zero-order valence-corrected chi connectivity index (χ0v) is 9.15. The van der Waals surface area contributed by atoms with Crippen molar-refractivity contribution in [2.75, 3.05) is 0 Å². The van der Waals surface area contributed by atoms with Gasteiger partial charge in [-0.3, -0.25) is 4.79 Å². The first-order chi connectivity index (χ1) is 7.52. The third kappa shape index (κ3) is 3.03. The van der Waals surface area contributed by atoms with Gasteiger partial charge in [0.1, 0.15) is 0 Å². The lowest BCUT2D eigenvalue weighted by molar-refractivity contribution is -0.152. The number of carbonyl (C=O) groups is 2. The fourth-order valence-electron chi connectivity index (χ4n) is 1.05. The maximum absolute atomic E-state index is 11.3. The maximum Gasteiger partial charge on any atom is 0.362 e. The molecule has 0 aromatic heterocycles. The molecule has 0 aliphatic rings. The molecule has 84 valence electrons. The van der Waals surface area contributed by atoms with E-state index in [1.807, 2.05) is 0 Å². The minimum Gasteiger partial charge on any atom is -0.389 e. The highest BCUT2D eigenvalue weighted by atomic mass is 32.2. The van der Waals surface area contributed by atoms with Crippen molar-refractivity contribution in [2.45, 2.75) is 6.92 Å². The van der Waals surface area contributed by atoms with Crippen LogP contribution in [0.5, 0.6) is 0 Å². The van der Waals surface area contributed by atoms with Crippen molar-refractivity contribution in [2.24, 2.45) is 0 Å². The third-order valence-corrected chi connectivity index (χ3v) is 2.36. The monoisotopic (exact) mass is 240 g/mol. The highest BCUT2D eigenvalue weighted by Crippen LogP contribution is 2.02. The molecule has 6 heteroatoms. The molecule has 0 unspecified atom stereocenters. The van der Waals surface area contributed by atoms with E-state index in [1.54, 1.807) is 18.2 Å². The Hall–Kier alpha value is -1.95. The van der Waals surface area contributed by atoms with Crippen LogP contribution >= 0.6 is 0 Å². The number of esters is 2. The van der Waals surface area contributed by atoms with Gasteiger partial charge in [-0.2, -0.15) is 8.42 Å². The van der Waals surface area contributed by atoms with E-state index in [9.17, 15) is 18.0 Å². The number of rotatable bonds is 2. The summed E-state index contributed by atoms with van der Waals surface area (Å²) in [5.41, 5.74) is 0.182. The molecule has 16 heavy (non-hydrogen) atoms. The zero-order valence-electron chi connectivity index (χ0n) is 8.34. The van der Waals surface area contributed by atoms with Crippen LogP contribution in [0.15, 0.2) is 30.3 Å². The van der Waals surface area contributed by atoms with Crippen LogP contribution in [0.2, 0.25) is 0 Å². The number of benzene rings is 1. The van der Waals surface area contributed by atoms with Gasteiger partial charge >= 0.3 is 11.9 Å². The lowest BCUT2D eigenvalue weighted by Gasteiger charge is -2.00. The van der Waals surface area contributed by atoms with Crippen LogP contribution in [0.1, 0.15) is 12.5 Å². The first kappa shape index (κ1) is 12.1. The Morgan fingerprint density at radius 1 is 1.12 bits per heavy atom. The smallest absolute Gasteiger partial charge is 0.362 e. The summed E-state index contributed by atoms with van der Waals surface area (Å²) in [6.07, 6.45) is 0. The Balaban J connectivity index is 3.20. The second kappa shape index (κ2) is 5.22. The summed E-state index contributed by atoms with van der Waals surface area (Å²) in [5.74, 6) is -2.03. The Kier molecular flexibility index (Phi) is 3.96. The fraction of sp³-hybridized carbons (Fsp3) is 0.100. The highest BCUT2D eigenvalue weighted by Gasteiger charge is 2.18. The Morgan fingerprint density at radius 2 is 1.69 bits per heavy atom. The van der Waals surface area contributed by atoms with Gasteiger partial charge in [-0.25, -0.2) is 4.79 Å². The van der Waals surface area contributed by atoms with Gasteiger partial charge in [0.25, 0.3) is 0 Å². The minimum absolute atomic E-state index is 0.182. The molecule has 0 bridgehead atoms. The van der Waals surface area contributed by atoms with Crippen LogP contribution in [-0.2, 0) is 24.6 Å². The normalized spacial score (nSPS) is 9.31. The average molecular weight is 240 g/mol. The van der Waals surface area contributed by atoms with E-state index in [1.165, 1.54) is 12.1 Å². The molecule has 5 nitrogen and oxygen atoms in total. The van der Waals surface area contributed by atoms with Gasteiger partial charge in [0.05, 0.1) is 0 Å². The van der Waals surface area contributed by atoms with E-state index in [0.29, 0.717) is 0 Å². The van der Waals surface area contributed by atoms with E-state index in [4.69, 9.17) is 0 Å². The molecule has 0 amide bonds. The van der Waals surface area contributed by atoms with Gasteiger partial charge in [-0.05, 0) is 0 Å². The van der Waals surface area contributed by atoms with Gasteiger partial charge in [0.15, 0.2) is 4.86 Å². The average Bonchev–Trinajstić information content (AvgIpc) is 2.17. The summed E-state index contributed by atoms with van der Waals surface area (Å²) in [4.78, 5) is 21.3. The summed E-state index contributed by atoms with van der Waals surface area (Å²) in [6, 6.07) is 7.69. The van der Waals surface area contributed by atoms with Crippen molar-refractivity contribution in [3.63, 3.8) is 0 Å². The van der Waals surface area contributed by atoms with E-state index >= 15 is 0 Å². The van der Waals surface area contributed by atoms with E-state index in [2.05, 4.69) is 4.74 Å². The maximum atomic E-state index is 11.3. The summed E-state index contributed by atoms with van der Waals surface area (Å²) in [5, 5.41) is 0. The molecular weight excluding hydrogens is 232 g/mol. The molecule has 0 fully saturated rings. The second-order valence-electron chi connectivity index (χ2n) is 2.81. The van der Waals surface area contributed by atoms with Gasteiger partial charge in [0.2, 0.25) is 10.3 Å². The molecule has 1 aromatic carbocycles. The SMILES string of the molecule is CC(=O)OC(=O)C(c1ccccc1)=S(=O)=O. The fourth-order valence-corrected chi connectivity index (χ4v) is 1.55. The summed E-state index contributed by atoms with van der Waals surface area (Å²) >= 11 is 0. The molecule has 0 saturated carbocycles. The van der Waals surface area contributed by atoms with Gasteiger partial charge in [0, 0.05) is 12.5 Å². The Morgan fingerprint density at radius 3 is 2.12 bits per heavy atom. The summed E-state index contributed by atoms with van der Waals surface area (Å²) < 4.78 is 26.0. The zero-order chi connectivity index (χ0) is 12.1. The molecule has 0 radical (unpaired) electrons. The Labute approximate surface area is 93.2 Å². The molecular formula is C10H8O5S. The molecule has 1 rings (SSSR count).